The summed E-state index contributed by atoms with van der Waals surface area (Å²) in [7, 11) is 0. The van der Waals surface area contributed by atoms with Crippen molar-refractivity contribution in [1.29, 1.82) is 0 Å². The Hall–Kier alpha value is 0.01000. The Kier molecular flexibility index (Phi) is 4.22. The molecule has 0 amide bonds. The van der Waals surface area contributed by atoms with Crippen LogP contribution in [0, 0.1) is 11.8 Å². The highest BCUT2D eigenvalue weighted by Crippen LogP contribution is 2.53. The third kappa shape index (κ3) is 2.88. The Balaban J connectivity index is 2.05. The zero-order valence-electron chi connectivity index (χ0n) is 10.4. The monoisotopic (exact) mass is 313 g/mol. The third-order valence-electron chi connectivity index (χ3n) is 3.75. The molecule has 1 saturated carbocycles. The maximum atomic E-state index is 5.99. The van der Waals surface area contributed by atoms with Crippen molar-refractivity contribution >= 4 is 27.7 Å². The molecule has 94 valence electrons. The molecule has 0 atom stereocenters. The van der Waals surface area contributed by atoms with Gasteiger partial charge in [0.2, 0.25) is 0 Å². The first-order valence-corrected chi connectivity index (χ1v) is 7.81. The molecule has 0 spiro atoms. The molecule has 1 aliphatic rings. The van der Waals surface area contributed by atoms with Gasteiger partial charge < -0.3 is 5.73 Å². The molecule has 17 heavy (non-hydrogen) atoms. The largest absolute Gasteiger partial charge is 0.329 e. The average Bonchev–Trinajstić information content (AvgIpc) is 2.25. The SMILES string of the molecule is CC(C)C1CC(CN)(Sc2ccccc2Br)C1. The second-order valence-electron chi connectivity index (χ2n) is 5.33. The smallest absolute Gasteiger partial charge is 0.0335 e. The fourth-order valence-electron chi connectivity index (χ4n) is 2.42. The van der Waals surface area contributed by atoms with Crippen LogP contribution in [0.1, 0.15) is 26.7 Å². The molecule has 2 rings (SSSR count). The molecule has 1 aliphatic carbocycles. The molecular formula is C14H20BrNS. The minimum absolute atomic E-state index is 0.277. The summed E-state index contributed by atoms with van der Waals surface area (Å²) in [6.45, 7) is 5.41. The predicted molar refractivity (Wildman–Crippen MR) is 79.3 cm³/mol. The molecule has 1 aromatic rings. The van der Waals surface area contributed by atoms with Gasteiger partial charge in [0, 0.05) is 20.7 Å². The van der Waals surface area contributed by atoms with E-state index in [4.69, 9.17) is 5.73 Å². The van der Waals surface area contributed by atoms with Crippen LogP contribution in [0.2, 0.25) is 0 Å². The normalized spacial score (nSPS) is 28.2. The Morgan fingerprint density at radius 1 is 1.41 bits per heavy atom. The van der Waals surface area contributed by atoms with Crippen molar-refractivity contribution in [3.63, 3.8) is 0 Å². The average molecular weight is 314 g/mol. The van der Waals surface area contributed by atoms with Gasteiger partial charge in [0.1, 0.15) is 0 Å². The lowest BCUT2D eigenvalue weighted by Crippen LogP contribution is -2.48. The Labute approximate surface area is 117 Å². The molecule has 3 heteroatoms. The van der Waals surface area contributed by atoms with E-state index in [1.165, 1.54) is 22.2 Å². The quantitative estimate of drug-likeness (QED) is 0.896. The second-order valence-corrected chi connectivity index (χ2v) is 7.70. The van der Waals surface area contributed by atoms with Crippen molar-refractivity contribution in [2.45, 2.75) is 36.3 Å². The zero-order valence-corrected chi connectivity index (χ0v) is 12.9. The van der Waals surface area contributed by atoms with Gasteiger partial charge in [0.15, 0.2) is 0 Å². The van der Waals surface area contributed by atoms with E-state index in [-0.39, 0.29) is 4.75 Å². The maximum absolute atomic E-state index is 5.99. The van der Waals surface area contributed by atoms with Crippen LogP contribution in [-0.2, 0) is 0 Å². The minimum Gasteiger partial charge on any atom is -0.329 e. The Bertz CT molecular complexity index is 386. The molecule has 0 saturated heterocycles. The molecule has 0 bridgehead atoms. The minimum atomic E-state index is 0.277. The van der Waals surface area contributed by atoms with Gasteiger partial charge in [-0.05, 0) is 52.7 Å². The number of benzene rings is 1. The van der Waals surface area contributed by atoms with Crippen molar-refractivity contribution in [2.75, 3.05) is 6.54 Å². The van der Waals surface area contributed by atoms with E-state index in [1.807, 2.05) is 11.8 Å². The van der Waals surface area contributed by atoms with Crippen molar-refractivity contribution in [3.05, 3.63) is 28.7 Å². The molecule has 0 aliphatic heterocycles. The summed E-state index contributed by atoms with van der Waals surface area (Å²) < 4.78 is 1.46. The molecule has 0 unspecified atom stereocenters. The van der Waals surface area contributed by atoms with Gasteiger partial charge in [-0.1, -0.05) is 26.0 Å². The number of halogens is 1. The topological polar surface area (TPSA) is 26.0 Å². The number of hydrogen-bond donors (Lipinski definition) is 1. The van der Waals surface area contributed by atoms with E-state index < -0.39 is 0 Å². The molecule has 0 radical (unpaired) electrons. The molecule has 1 nitrogen and oxygen atoms in total. The van der Waals surface area contributed by atoms with Crippen molar-refractivity contribution in [3.8, 4) is 0 Å². The van der Waals surface area contributed by atoms with E-state index >= 15 is 0 Å². The summed E-state index contributed by atoms with van der Waals surface area (Å²) >= 11 is 5.57. The van der Waals surface area contributed by atoms with Gasteiger partial charge in [-0.3, -0.25) is 0 Å². The number of thioether (sulfide) groups is 1. The first-order chi connectivity index (χ1) is 8.06. The van der Waals surface area contributed by atoms with E-state index in [2.05, 4.69) is 54.0 Å². The van der Waals surface area contributed by atoms with Crippen LogP contribution in [0.25, 0.3) is 0 Å². The van der Waals surface area contributed by atoms with Crippen molar-refractivity contribution in [1.82, 2.24) is 0 Å². The van der Waals surface area contributed by atoms with E-state index in [0.29, 0.717) is 0 Å². The maximum Gasteiger partial charge on any atom is 0.0335 e. The van der Waals surface area contributed by atoms with E-state index in [0.717, 1.165) is 18.4 Å². The van der Waals surface area contributed by atoms with Gasteiger partial charge >= 0.3 is 0 Å². The summed E-state index contributed by atoms with van der Waals surface area (Å²) in [6, 6.07) is 8.43. The highest BCUT2D eigenvalue weighted by atomic mass is 79.9. The number of hydrogen-bond acceptors (Lipinski definition) is 2. The summed E-state index contributed by atoms with van der Waals surface area (Å²) in [6.07, 6.45) is 2.51. The third-order valence-corrected chi connectivity index (χ3v) is 6.21. The summed E-state index contributed by atoms with van der Waals surface area (Å²) in [5, 5.41) is 0. The lowest BCUT2D eigenvalue weighted by molar-refractivity contribution is 0.176. The predicted octanol–water partition coefficient (Wildman–Crippen LogP) is 4.30. The number of nitrogens with two attached hydrogens (primary N) is 1. The van der Waals surface area contributed by atoms with Crippen LogP contribution in [0.3, 0.4) is 0 Å². The van der Waals surface area contributed by atoms with Crippen LogP contribution in [0.4, 0.5) is 0 Å². The first kappa shape index (κ1) is 13.4. The van der Waals surface area contributed by atoms with Crippen LogP contribution < -0.4 is 5.73 Å². The van der Waals surface area contributed by atoms with E-state index in [9.17, 15) is 0 Å². The summed E-state index contributed by atoms with van der Waals surface area (Å²) in [5.41, 5.74) is 5.99. The van der Waals surface area contributed by atoms with Crippen LogP contribution in [0.5, 0.6) is 0 Å². The van der Waals surface area contributed by atoms with Crippen LogP contribution >= 0.6 is 27.7 Å². The molecule has 0 heterocycles. The van der Waals surface area contributed by atoms with E-state index in [1.54, 1.807) is 0 Å². The second kappa shape index (κ2) is 5.33. The van der Waals surface area contributed by atoms with Crippen LogP contribution in [0.15, 0.2) is 33.6 Å². The van der Waals surface area contributed by atoms with Gasteiger partial charge in [-0.15, -0.1) is 11.8 Å². The standard InChI is InChI=1S/C14H20BrNS/c1-10(2)11-7-14(8-11,9-16)17-13-6-4-3-5-12(13)15/h3-6,10-11H,7-9,16H2,1-2H3. The lowest BCUT2D eigenvalue weighted by Gasteiger charge is -2.48. The molecule has 1 fully saturated rings. The first-order valence-electron chi connectivity index (χ1n) is 6.20. The molecule has 2 N–H and O–H groups in total. The fourth-order valence-corrected chi connectivity index (χ4v) is 4.40. The Morgan fingerprint density at radius 3 is 2.59 bits per heavy atom. The Morgan fingerprint density at radius 2 is 2.06 bits per heavy atom. The van der Waals surface area contributed by atoms with Crippen molar-refractivity contribution < 1.29 is 0 Å². The zero-order chi connectivity index (χ0) is 12.5. The highest BCUT2D eigenvalue weighted by Gasteiger charge is 2.45. The summed E-state index contributed by atoms with van der Waals surface area (Å²) in [4.78, 5) is 1.32. The van der Waals surface area contributed by atoms with Gasteiger partial charge in [0.25, 0.3) is 0 Å². The van der Waals surface area contributed by atoms with Gasteiger partial charge in [-0.2, -0.15) is 0 Å². The fraction of sp³-hybridized carbons (Fsp3) is 0.571. The van der Waals surface area contributed by atoms with Crippen LogP contribution in [-0.4, -0.2) is 11.3 Å². The van der Waals surface area contributed by atoms with Crippen molar-refractivity contribution in [2.24, 2.45) is 17.6 Å². The lowest BCUT2D eigenvalue weighted by atomic mass is 9.69. The number of rotatable bonds is 4. The molecule has 1 aromatic carbocycles. The van der Waals surface area contributed by atoms with Gasteiger partial charge in [-0.25, -0.2) is 0 Å². The molecular weight excluding hydrogens is 294 g/mol. The molecule has 0 aromatic heterocycles. The van der Waals surface area contributed by atoms with Gasteiger partial charge in [0.05, 0.1) is 0 Å². The summed E-state index contributed by atoms with van der Waals surface area (Å²) in [5.74, 6) is 1.64. The highest BCUT2D eigenvalue weighted by molar-refractivity contribution is 9.10.